The molecule has 1 N–H and O–H groups in total. The molecule has 2 nitrogen and oxygen atoms in total. The van der Waals surface area contributed by atoms with Gasteiger partial charge in [-0.15, -0.1) is 0 Å². The van der Waals surface area contributed by atoms with E-state index in [0.29, 0.717) is 5.41 Å². The van der Waals surface area contributed by atoms with E-state index in [1.807, 2.05) is 0 Å². The van der Waals surface area contributed by atoms with Crippen molar-refractivity contribution in [1.29, 1.82) is 0 Å². The smallest absolute Gasteiger partial charge is 0.00684 e. The summed E-state index contributed by atoms with van der Waals surface area (Å²) >= 11 is 0. The molecule has 0 heterocycles. The molecule has 1 fully saturated rings. The Morgan fingerprint density at radius 3 is 2.53 bits per heavy atom. The van der Waals surface area contributed by atoms with Crippen molar-refractivity contribution in [2.24, 2.45) is 5.41 Å². The summed E-state index contributed by atoms with van der Waals surface area (Å²) in [5, 5.41) is 3.65. The Morgan fingerprint density at radius 2 is 1.89 bits per heavy atom. The quantitative estimate of drug-likeness (QED) is 0.773. The van der Waals surface area contributed by atoms with Crippen molar-refractivity contribution in [3.05, 3.63) is 35.9 Å². The van der Waals surface area contributed by atoms with Crippen LogP contribution in [0.3, 0.4) is 0 Å². The summed E-state index contributed by atoms with van der Waals surface area (Å²) < 4.78 is 0. The zero-order valence-corrected chi connectivity index (χ0v) is 12.7. The first-order valence-electron chi connectivity index (χ1n) is 7.51. The molecule has 0 saturated heterocycles. The monoisotopic (exact) mass is 260 g/mol. The fourth-order valence-electron chi connectivity index (χ4n) is 2.54. The van der Waals surface area contributed by atoms with Gasteiger partial charge in [0.2, 0.25) is 0 Å². The minimum atomic E-state index is 0.355. The third-order valence-corrected chi connectivity index (χ3v) is 3.77. The van der Waals surface area contributed by atoms with Crippen molar-refractivity contribution in [3.63, 3.8) is 0 Å². The Labute approximate surface area is 118 Å². The molecule has 0 aliphatic heterocycles. The molecular formula is C17H28N2. The van der Waals surface area contributed by atoms with Crippen molar-refractivity contribution in [3.8, 4) is 0 Å². The molecule has 0 aromatic heterocycles. The van der Waals surface area contributed by atoms with Crippen LogP contribution in [-0.2, 0) is 6.42 Å². The van der Waals surface area contributed by atoms with Gasteiger partial charge in [-0.05, 0) is 37.3 Å². The summed E-state index contributed by atoms with van der Waals surface area (Å²) in [6, 6.07) is 11.6. The van der Waals surface area contributed by atoms with E-state index in [1.165, 1.54) is 18.4 Å². The molecule has 0 amide bonds. The van der Waals surface area contributed by atoms with E-state index in [4.69, 9.17) is 0 Å². The number of hydrogen-bond acceptors (Lipinski definition) is 2. The van der Waals surface area contributed by atoms with Gasteiger partial charge in [-0.25, -0.2) is 0 Å². The molecule has 1 aromatic rings. The average Bonchev–Trinajstić information content (AvgIpc) is 3.19. The van der Waals surface area contributed by atoms with E-state index in [2.05, 4.69) is 61.4 Å². The highest BCUT2D eigenvalue weighted by atomic mass is 15.1. The maximum atomic E-state index is 3.65. The molecule has 0 atom stereocenters. The number of rotatable bonds is 8. The molecule has 0 bridgehead atoms. The summed E-state index contributed by atoms with van der Waals surface area (Å²) in [6.07, 6.45) is 3.89. The van der Waals surface area contributed by atoms with Crippen LogP contribution in [0.15, 0.2) is 30.3 Å². The fraction of sp³-hybridized carbons (Fsp3) is 0.647. The van der Waals surface area contributed by atoms with E-state index < -0.39 is 0 Å². The van der Waals surface area contributed by atoms with Crippen molar-refractivity contribution in [1.82, 2.24) is 10.2 Å². The van der Waals surface area contributed by atoms with E-state index in [1.54, 1.807) is 0 Å². The van der Waals surface area contributed by atoms with Crippen LogP contribution < -0.4 is 5.32 Å². The largest absolute Gasteiger partial charge is 0.313 e. The van der Waals surface area contributed by atoms with Gasteiger partial charge in [-0.2, -0.15) is 0 Å². The van der Waals surface area contributed by atoms with Gasteiger partial charge >= 0.3 is 0 Å². The Bertz CT molecular complexity index is 368. The Balaban J connectivity index is 1.68. The number of benzene rings is 1. The molecular weight excluding hydrogens is 232 g/mol. The molecule has 1 aliphatic rings. The van der Waals surface area contributed by atoms with Gasteiger partial charge in [0.25, 0.3) is 0 Å². The average molecular weight is 260 g/mol. The summed E-state index contributed by atoms with van der Waals surface area (Å²) in [4.78, 5) is 2.46. The predicted octanol–water partition coefficient (Wildman–Crippen LogP) is 2.94. The molecule has 0 spiro atoms. The number of nitrogens with zero attached hydrogens (tertiary/aromatic N) is 1. The zero-order valence-electron chi connectivity index (χ0n) is 12.7. The summed E-state index contributed by atoms with van der Waals surface area (Å²) in [5.74, 6) is 0. The first-order chi connectivity index (χ1) is 9.05. The van der Waals surface area contributed by atoms with Crippen molar-refractivity contribution in [2.45, 2.75) is 39.2 Å². The minimum absolute atomic E-state index is 0.355. The highest BCUT2D eigenvalue weighted by Gasteiger charge is 2.25. The van der Waals surface area contributed by atoms with Crippen LogP contribution in [0.4, 0.5) is 0 Å². The lowest BCUT2D eigenvalue weighted by atomic mass is 9.92. The molecule has 1 aromatic carbocycles. The van der Waals surface area contributed by atoms with Crippen LogP contribution in [0.5, 0.6) is 0 Å². The summed E-state index contributed by atoms with van der Waals surface area (Å²) in [7, 11) is 2.24. The Kier molecular flexibility index (Phi) is 5.00. The lowest BCUT2D eigenvalue weighted by Crippen LogP contribution is -2.40. The minimum Gasteiger partial charge on any atom is -0.313 e. The van der Waals surface area contributed by atoms with Crippen LogP contribution in [0.2, 0.25) is 0 Å². The van der Waals surface area contributed by atoms with E-state index >= 15 is 0 Å². The summed E-state index contributed by atoms with van der Waals surface area (Å²) in [5.41, 5.74) is 1.79. The zero-order chi connectivity index (χ0) is 13.7. The van der Waals surface area contributed by atoms with Crippen molar-refractivity contribution < 1.29 is 0 Å². The molecule has 19 heavy (non-hydrogen) atoms. The lowest BCUT2D eigenvalue weighted by molar-refractivity contribution is 0.205. The van der Waals surface area contributed by atoms with E-state index in [9.17, 15) is 0 Å². The topological polar surface area (TPSA) is 15.3 Å². The standard InChI is InChI=1S/C17H28N2/c1-17(2,13-18-16-9-10-16)14-19(3)12-11-15-7-5-4-6-8-15/h4-8,16,18H,9-14H2,1-3H3. The number of likely N-dealkylation sites (N-methyl/N-ethyl adjacent to an activating group) is 1. The third-order valence-electron chi connectivity index (χ3n) is 3.77. The normalized spacial score (nSPS) is 16.0. The maximum absolute atomic E-state index is 3.65. The molecule has 0 radical (unpaired) electrons. The first-order valence-corrected chi connectivity index (χ1v) is 7.51. The van der Waals surface area contributed by atoms with Crippen molar-refractivity contribution in [2.75, 3.05) is 26.7 Å². The van der Waals surface area contributed by atoms with Crippen LogP contribution in [-0.4, -0.2) is 37.6 Å². The SMILES string of the molecule is CN(CCc1ccccc1)CC(C)(C)CNC1CC1. The van der Waals surface area contributed by atoms with Crippen molar-refractivity contribution >= 4 is 0 Å². The fourth-order valence-corrected chi connectivity index (χ4v) is 2.54. The molecule has 2 heteroatoms. The lowest BCUT2D eigenvalue weighted by Gasteiger charge is -2.30. The second kappa shape index (κ2) is 6.53. The van der Waals surface area contributed by atoms with Gasteiger partial charge < -0.3 is 10.2 Å². The molecule has 106 valence electrons. The Morgan fingerprint density at radius 1 is 1.21 bits per heavy atom. The Hall–Kier alpha value is -0.860. The maximum Gasteiger partial charge on any atom is 0.00684 e. The van der Waals surface area contributed by atoms with Gasteiger partial charge in [0, 0.05) is 25.7 Å². The molecule has 1 saturated carbocycles. The molecule has 0 unspecified atom stereocenters. The van der Waals surface area contributed by atoms with Gasteiger partial charge in [0.1, 0.15) is 0 Å². The first kappa shape index (κ1) is 14.5. The van der Waals surface area contributed by atoms with Crippen LogP contribution in [0, 0.1) is 5.41 Å². The summed E-state index contributed by atoms with van der Waals surface area (Å²) in [6.45, 7) is 8.15. The highest BCUT2D eigenvalue weighted by molar-refractivity contribution is 5.14. The van der Waals surface area contributed by atoms with Gasteiger partial charge in [0.05, 0.1) is 0 Å². The van der Waals surface area contributed by atoms with Gasteiger partial charge in [0.15, 0.2) is 0 Å². The second-order valence-corrected chi connectivity index (χ2v) is 6.79. The van der Waals surface area contributed by atoms with E-state index in [-0.39, 0.29) is 0 Å². The highest BCUT2D eigenvalue weighted by Crippen LogP contribution is 2.22. The number of nitrogens with one attached hydrogen (secondary N) is 1. The van der Waals surface area contributed by atoms with Crippen LogP contribution in [0.1, 0.15) is 32.3 Å². The van der Waals surface area contributed by atoms with Crippen LogP contribution in [0.25, 0.3) is 0 Å². The second-order valence-electron chi connectivity index (χ2n) is 6.79. The van der Waals surface area contributed by atoms with Gasteiger partial charge in [-0.3, -0.25) is 0 Å². The van der Waals surface area contributed by atoms with Crippen LogP contribution >= 0.6 is 0 Å². The molecule has 1 aliphatic carbocycles. The number of hydrogen-bond donors (Lipinski definition) is 1. The van der Waals surface area contributed by atoms with E-state index in [0.717, 1.165) is 32.1 Å². The van der Waals surface area contributed by atoms with Gasteiger partial charge in [-0.1, -0.05) is 44.2 Å². The predicted molar refractivity (Wildman–Crippen MR) is 82.4 cm³/mol. The third kappa shape index (κ3) is 5.75. The molecule has 2 rings (SSSR count).